The first-order valence-electron chi connectivity index (χ1n) is 6.11. The quantitative estimate of drug-likeness (QED) is 0.820. The topological polar surface area (TPSA) is 49.3 Å². The van der Waals surface area contributed by atoms with Crippen LogP contribution in [0.25, 0.3) is 0 Å². The maximum absolute atomic E-state index is 12.9. The van der Waals surface area contributed by atoms with Crippen molar-refractivity contribution in [3.8, 4) is 0 Å². The molecular weight excluding hydrogens is 278 g/mol. The Hall–Kier alpha value is -1.63. The molecule has 0 aliphatic heterocycles. The Kier molecular flexibility index (Phi) is 3.99. The molecule has 0 radical (unpaired) electrons. The lowest BCUT2D eigenvalue weighted by molar-refractivity contribution is -0.140. The van der Waals surface area contributed by atoms with Crippen LogP contribution in [0.2, 0.25) is 0 Å². The number of rotatable bonds is 5. The minimum Gasteiger partial charge on any atom is -0.480 e. The predicted molar refractivity (Wildman–Crippen MR) is 62.4 cm³/mol. The Morgan fingerprint density at radius 2 is 2.05 bits per heavy atom. The van der Waals surface area contributed by atoms with E-state index in [0.717, 1.165) is 25.0 Å². The van der Waals surface area contributed by atoms with Crippen molar-refractivity contribution in [3.63, 3.8) is 0 Å². The van der Waals surface area contributed by atoms with Crippen molar-refractivity contribution in [3.05, 3.63) is 35.1 Å². The van der Waals surface area contributed by atoms with Gasteiger partial charge in [-0.3, -0.25) is 4.79 Å². The second kappa shape index (κ2) is 5.40. The van der Waals surface area contributed by atoms with E-state index in [1.165, 1.54) is 0 Å². The first-order chi connectivity index (χ1) is 9.29. The maximum Gasteiger partial charge on any atom is 0.416 e. The first-order valence-corrected chi connectivity index (χ1v) is 6.11. The van der Waals surface area contributed by atoms with Gasteiger partial charge in [0.1, 0.15) is 11.9 Å². The number of carbonyl (C=O) groups is 1. The smallest absolute Gasteiger partial charge is 0.416 e. The van der Waals surface area contributed by atoms with Gasteiger partial charge < -0.3 is 10.4 Å². The van der Waals surface area contributed by atoms with E-state index in [1.54, 1.807) is 0 Å². The number of benzene rings is 1. The van der Waals surface area contributed by atoms with Crippen molar-refractivity contribution in [1.82, 2.24) is 5.32 Å². The summed E-state index contributed by atoms with van der Waals surface area (Å²) in [5.74, 6) is -2.09. The Bertz CT molecular complexity index is 512. The molecule has 0 bridgehead atoms. The highest BCUT2D eigenvalue weighted by Crippen LogP contribution is 2.34. The molecule has 0 heterocycles. The third-order valence-corrected chi connectivity index (χ3v) is 3.25. The molecule has 0 spiro atoms. The SMILES string of the molecule is O=C(O)C(NCc1ccc(F)cc1C(F)(F)F)C1CC1. The molecule has 1 atom stereocenters. The molecule has 1 aliphatic rings. The third-order valence-electron chi connectivity index (χ3n) is 3.25. The Morgan fingerprint density at radius 1 is 1.40 bits per heavy atom. The predicted octanol–water partition coefficient (Wildman–Crippen LogP) is 2.80. The summed E-state index contributed by atoms with van der Waals surface area (Å²) < 4.78 is 51.2. The summed E-state index contributed by atoms with van der Waals surface area (Å²) in [5, 5.41) is 11.6. The minimum absolute atomic E-state index is 0.0396. The van der Waals surface area contributed by atoms with Crippen LogP contribution in [0.5, 0.6) is 0 Å². The van der Waals surface area contributed by atoms with Crippen LogP contribution in [-0.4, -0.2) is 17.1 Å². The summed E-state index contributed by atoms with van der Waals surface area (Å²) in [6.07, 6.45) is -3.17. The molecule has 3 nitrogen and oxygen atoms in total. The summed E-state index contributed by atoms with van der Waals surface area (Å²) in [6, 6.07) is 1.51. The molecular formula is C13H13F4NO2. The molecule has 1 fully saturated rings. The standard InChI is InChI=1S/C13H13F4NO2/c14-9-4-3-8(10(5-9)13(15,16)17)6-18-11(12(19)20)7-1-2-7/h3-5,7,11,18H,1-2,6H2,(H,19,20). The molecule has 1 aromatic carbocycles. The number of aliphatic carboxylic acids is 1. The fourth-order valence-electron chi connectivity index (χ4n) is 2.07. The van der Waals surface area contributed by atoms with Gasteiger partial charge in [-0.05, 0) is 36.5 Å². The number of hydrogen-bond donors (Lipinski definition) is 2. The molecule has 0 aromatic heterocycles. The van der Waals surface area contributed by atoms with Gasteiger partial charge >= 0.3 is 12.1 Å². The van der Waals surface area contributed by atoms with E-state index in [4.69, 9.17) is 5.11 Å². The van der Waals surface area contributed by atoms with Crippen molar-refractivity contribution in [2.75, 3.05) is 0 Å². The fraction of sp³-hybridized carbons (Fsp3) is 0.462. The van der Waals surface area contributed by atoms with Crippen molar-refractivity contribution in [1.29, 1.82) is 0 Å². The van der Waals surface area contributed by atoms with Gasteiger partial charge in [-0.15, -0.1) is 0 Å². The van der Waals surface area contributed by atoms with E-state index < -0.39 is 29.6 Å². The van der Waals surface area contributed by atoms with Crippen molar-refractivity contribution in [2.45, 2.75) is 31.6 Å². The lowest BCUT2D eigenvalue weighted by Gasteiger charge is -2.17. The second-order valence-electron chi connectivity index (χ2n) is 4.83. The van der Waals surface area contributed by atoms with Gasteiger partial charge in [0.05, 0.1) is 5.56 Å². The zero-order valence-corrected chi connectivity index (χ0v) is 10.4. The van der Waals surface area contributed by atoms with Gasteiger partial charge in [-0.1, -0.05) is 6.07 Å². The second-order valence-corrected chi connectivity index (χ2v) is 4.83. The van der Waals surface area contributed by atoms with Crippen LogP contribution >= 0.6 is 0 Å². The van der Waals surface area contributed by atoms with E-state index in [9.17, 15) is 22.4 Å². The molecule has 2 rings (SSSR count). The third kappa shape index (κ3) is 3.47. The largest absolute Gasteiger partial charge is 0.480 e. The summed E-state index contributed by atoms with van der Waals surface area (Å²) in [4.78, 5) is 11.0. The minimum atomic E-state index is -4.67. The molecule has 1 aromatic rings. The van der Waals surface area contributed by atoms with E-state index in [-0.39, 0.29) is 18.0 Å². The van der Waals surface area contributed by atoms with Crippen LogP contribution in [0, 0.1) is 11.7 Å². The van der Waals surface area contributed by atoms with Gasteiger partial charge in [0, 0.05) is 6.54 Å². The Morgan fingerprint density at radius 3 is 2.55 bits per heavy atom. The molecule has 0 saturated heterocycles. The van der Waals surface area contributed by atoms with E-state index in [2.05, 4.69) is 5.32 Å². The van der Waals surface area contributed by atoms with Crippen LogP contribution in [0.15, 0.2) is 18.2 Å². The summed E-state index contributed by atoms with van der Waals surface area (Å²) in [5.41, 5.74) is -1.24. The number of halogens is 4. The number of carboxylic acid groups (broad SMARTS) is 1. The Balaban J connectivity index is 2.14. The summed E-state index contributed by atoms with van der Waals surface area (Å²) in [6.45, 7) is -0.261. The lowest BCUT2D eigenvalue weighted by Crippen LogP contribution is -2.38. The van der Waals surface area contributed by atoms with Crippen LogP contribution in [0.4, 0.5) is 17.6 Å². The molecule has 2 N–H and O–H groups in total. The van der Waals surface area contributed by atoms with Gasteiger partial charge in [0.25, 0.3) is 0 Å². The van der Waals surface area contributed by atoms with Crippen molar-refractivity contribution in [2.24, 2.45) is 5.92 Å². The molecule has 0 amide bonds. The average Bonchev–Trinajstić information content (AvgIpc) is 3.13. The summed E-state index contributed by atoms with van der Waals surface area (Å²) in [7, 11) is 0. The molecule has 1 saturated carbocycles. The number of hydrogen-bond acceptors (Lipinski definition) is 2. The number of alkyl halides is 3. The average molecular weight is 291 g/mol. The van der Waals surface area contributed by atoms with E-state index in [1.807, 2.05) is 0 Å². The fourth-order valence-corrected chi connectivity index (χ4v) is 2.07. The zero-order chi connectivity index (χ0) is 14.9. The molecule has 1 unspecified atom stereocenters. The maximum atomic E-state index is 12.9. The molecule has 1 aliphatic carbocycles. The van der Waals surface area contributed by atoms with Gasteiger partial charge in [0.15, 0.2) is 0 Å². The number of carboxylic acids is 1. The lowest BCUT2D eigenvalue weighted by atomic mass is 10.1. The van der Waals surface area contributed by atoms with E-state index >= 15 is 0 Å². The molecule has 7 heteroatoms. The van der Waals surface area contributed by atoms with Gasteiger partial charge in [-0.25, -0.2) is 4.39 Å². The van der Waals surface area contributed by atoms with Crippen LogP contribution in [0.3, 0.4) is 0 Å². The summed E-state index contributed by atoms with van der Waals surface area (Å²) >= 11 is 0. The van der Waals surface area contributed by atoms with Crippen molar-refractivity contribution < 1.29 is 27.5 Å². The van der Waals surface area contributed by atoms with Crippen LogP contribution in [0.1, 0.15) is 24.0 Å². The number of nitrogens with one attached hydrogen (secondary N) is 1. The highest BCUT2D eigenvalue weighted by Gasteiger charge is 2.37. The van der Waals surface area contributed by atoms with Crippen molar-refractivity contribution >= 4 is 5.97 Å². The Labute approximate surface area is 112 Å². The van der Waals surface area contributed by atoms with Gasteiger partial charge in [0.2, 0.25) is 0 Å². The van der Waals surface area contributed by atoms with Crippen LogP contribution in [-0.2, 0) is 17.5 Å². The van der Waals surface area contributed by atoms with Crippen LogP contribution < -0.4 is 5.32 Å². The highest BCUT2D eigenvalue weighted by molar-refractivity contribution is 5.74. The highest BCUT2D eigenvalue weighted by atomic mass is 19.4. The first kappa shape index (κ1) is 14.8. The zero-order valence-electron chi connectivity index (χ0n) is 10.4. The van der Waals surface area contributed by atoms with E-state index in [0.29, 0.717) is 6.07 Å². The van der Waals surface area contributed by atoms with Gasteiger partial charge in [-0.2, -0.15) is 13.2 Å². The monoisotopic (exact) mass is 291 g/mol. The molecule has 20 heavy (non-hydrogen) atoms. The normalized spacial score (nSPS) is 17.0. The molecule has 110 valence electrons.